The van der Waals surface area contributed by atoms with Crippen LogP contribution < -0.4 is 26.5 Å². The number of hydrogen-bond donors (Lipinski definition) is 1. The average Bonchev–Trinajstić information content (AvgIpc) is 1.54. The molecule has 1 nitrogen and oxygen atoms in total. The monoisotopic (exact) mass is 194 g/mol. The predicted octanol–water partition coefficient (Wildman–Crippen LogP) is -3.10. The minimum absolute atomic E-state index is 0.592. The first kappa shape index (κ1) is 3.29. The topological polar surface area (TPSA) is 12.0 Å². The van der Waals surface area contributed by atoms with E-state index >= 15 is 0 Å². The number of allylic oxidation sites excluding steroid dienone is 1. The van der Waals surface area contributed by atoms with Crippen LogP contribution in [0.1, 0.15) is 0 Å². The van der Waals surface area contributed by atoms with E-state index < -0.39 is 0 Å². The summed E-state index contributed by atoms with van der Waals surface area (Å²) in [6.07, 6.45) is 0. The van der Waals surface area contributed by atoms with Crippen molar-refractivity contribution in [2.75, 3.05) is 11.0 Å². The number of hydrogen-bond acceptors (Lipinski definition) is 1. The van der Waals surface area contributed by atoms with Crippen molar-refractivity contribution in [3.8, 4) is 0 Å². The molecular weight excluding hydrogens is 189 g/mol. The fourth-order valence-corrected chi connectivity index (χ4v) is 2.83. The molecule has 0 saturated heterocycles. The van der Waals surface area contributed by atoms with E-state index in [2.05, 4.69) is 5.32 Å². The molecule has 6 heavy (non-hydrogen) atoms. The van der Waals surface area contributed by atoms with E-state index in [9.17, 15) is 0 Å². The third-order valence-electron chi connectivity index (χ3n) is 1.15. The average molecular weight is 194 g/mol. The van der Waals surface area contributed by atoms with Crippen molar-refractivity contribution < 1.29 is 21.2 Å². The zero-order valence-electron chi connectivity index (χ0n) is 3.29. The molecule has 0 bridgehead atoms. The van der Waals surface area contributed by atoms with E-state index in [0.717, 1.165) is 0 Å². The fraction of sp³-hybridized carbons (Fsp3) is 0.500. The molecule has 0 aromatic carbocycles. The molecule has 0 aromatic heterocycles. The molecule has 2 heteroatoms. The number of halogens is 1. The second-order valence-electron chi connectivity index (χ2n) is 1.50. The van der Waals surface area contributed by atoms with Gasteiger partial charge in [0.15, 0.2) is 0 Å². The molecule has 0 radical (unpaired) electrons. The normalized spacial score (nSPS) is 28.0. The molecule has 0 spiro atoms. The fourth-order valence-electron chi connectivity index (χ4n) is 0.603. The molecule has 2 aliphatic heterocycles. The van der Waals surface area contributed by atoms with Crippen LogP contribution in [0.5, 0.6) is 0 Å². The Balaban J connectivity index is 2.41. The van der Waals surface area contributed by atoms with Gasteiger partial charge in [0.05, 0.1) is 0 Å². The van der Waals surface area contributed by atoms with Gasteiger partial charge < -0.3 is 0 Å². The Kier molecular flexibility index (Phi) is 0.500. The molecule has 0 unspecified atom stereocenters. The van der Waals surface area contributed by atoms with E-state index in [1.807, 2.05) is 0 Å². The summed E-state index contributed by atoms with van der Waals surface area (Å²) in [6, 6.07) is 0. The third-order valence-corrected chi connectivity index (χ3v) is 4.24. The van der Waals surface area contributed by atoms with Gasteiger partial charge in [-0.2, -0.15) is 0 Å². The van der Waals surface area contributed by atoms with Crippen LogP contribution in [-0.2, 0) is 0 Å². The van der Waals surface area contributed by atoms with Crippen molar-refractivity contribution in [2.45, 2.75) is 0 Å². The Morgan fingerprint density at radius 2 is 2.50 bits per heavy atom. The van der Waals surface area contributed by atoms with Crippen molar-refractivity contribution in [3.05, 3.63) is 9.28 Å². The van der Waals surface area contributed by atoms with E-state index in [1.54, 1.807) is 9.28 Å². The van der Waals surface area contributed by atoms with Crippen LogP contribution in [0.25, 0.3) is 0 Å². The quantitative estimate of drug-likeness (QED) is 0.318. The van der Waals surface area contributed by atoms with Crippen LogP contribution in [0.3, 0.4) is 0 Å². The summed E-state index contributed by atoms with van der Waals surface area (Å²) in [7, 11) is 0. The number of nitrogens with one attached hydrogen (secondary N) is 1. The second-order valence-corrected chi connectivity index (χ2v) is 4.33. The van der Waals surface area contributed by atoms with Crippen molar-refractivity contribution in [2.24, 2.45) is 0 Å². The molecule has 0 fully saturated rings. The summed E-state index contributed by atoms with van der Waals surface area (Å²) in [5.74, 6) is 0. The first-order chi connectivity index (χ1) is 2.97. The van der Waals surface area contributed by atoms with Crippen LogP contribution in [0.4, 0.5) is 0 Å². The van der Waals surface area contributed by atoms with Crippen molar-refractivity contribution in [1.82, 2.24) is 5.32 Å². The van der Waals surface area contributed by atoms with E-state index in [4.69, 9.17) is 0 Å². The molecule has 0 amide bonds. The van der Waals surface area contributed by atoms with Gasteiger partial charge in [-0.15, -0.1) is 0 Å². The predicted molar refractivity (Wildman–Crippen MR) is 19.9 cm³/mol. The summed E-state index contributed by atoms with van der Waals surface area (Å²) in [5.41, 5.74) is 1.59. The maximum atomic E-state index is 3.25. The van der Waals surface area contributed by atoms with Gasteiger partial charge in [0.2, 0.25) is 0 Å². The molecule has 2 heterocycles. The standard InChI is InChI=1S/C4H5IN/c1-4-3(5-1)2-6-4/h6H,1-2H2/q-1. The Labute approximate surface area is 47.1 Å². The van der Waals surface area contributed by atoms with Gasteiger partial charge in [0, 0.05) is 0 Å². The molecule has 0 aliphatic carbocycles. The van der Waals surface area contributed by atoms with Gasteiger partial charge in [0.1, 0.15) is 0 Å². The van der Waals surface area contributed by atoms with Crippen LogP contribution in [0.2, 0.25) is 0 Å². The van der Waals surface area contributed by atoms with Gasteiger partial charge in [-0.05, 0) is 0 Å². The van der Waals surface area contributed by atoms with Crippen molar-refractivity contribution in [1.29, 1.82) is 0 Å². The first-order valence-electron chi connectivity index (χ1n) is 2.02. The van der Waals surface area contributed by atoms with Gasteiger partial charge in [-0.3, -0.25) is 0 Å². The van der Waals surface area contributed by atoms with Gasteiger partial charge >= 0.3 is 46.8 Å². The molecule has 0 atom stereocenters. The second kappa shape index (κ2) is 0.911. The Hall–Kier alpha value is 0.270. The van der Waals surface area contributed by atoms with E-state index in [1.165, 1.54) is 11.0 Å². The van der Waals surface area contributed by atoms with Gasteiger partial charge in [-0.1, -0.05) is 0 Å². The molecule has 0 saturated carbocycles. The maximum absolute atomic E-state index is 3.25. The van der Waals surface area contributed by atoms with E-state index in [-0.39, 0.29) is 0 Å². The zero-order valence-corrected chi connectivity index (χ0v) is 5.45. The number of alkyl halides is 1. The Bertz CT molecular complexity index is 90.7. The van der Waals surface area contributed by atoms with Gasteiger partial charge in [0.25, 0.3) is 0 Å². The molecule has 34 valence electrons. The molecular formula is C4H5IN-. The summed E-state index contributed by atoms with van der Waals surface area (Å²) in [5, 5.41) is 3.25. The summed E-state index contributed by atoms with van der Waals surface area (Å²) in [6.45, 7) is 1.24. The summed E-state index contributed by atoms with van der Waals surface area (Å²) in [4.78, 5) is 0. The van der Waals surface area contributed by atoms with Crippen molar-refractivity contribution in [3.63, 3.8) is 0 Å². The molecule has 2 rings (SSSR count). The van der Waals surface area contributed by atoms with E-state index in [0.29, 0.717) is 21.2 Å². The van der Waals surface area contributed by atoms with Crippen LogP contribution in [0.15, 0.2) is 9.28 Å². The van der Waals surface area contributed by atoms with Crippen LogP contribution >= 0.6 is 0 Å². The minimum atomic E-state index is 0.592. The third kappa shape index (κ3) is 0.224. The summed E-state index contributed by atoms with van der Waals surface area (Å²) < 4.78 is 3.22. The Morgan fingerprint density at radius 1 is 1.67 bits per heavy atom. The Morgan fingerprint density at radius 3 is 2.50 bits per heavy atom. The zero-order chi connectivity index (χ0) is 3.98. The molecule has 0 aromatic rings. The number of rotatable bonds is 0. The summed E-state index contributed by atoms with van der Waals surface area (Å²) >= 11 is 0.592. The first-order valence-corrected chi connectivity index (χ1v) is 4.62. The van der Waals surface area contributed by atoms with Crippen LogP contribution in [0, 0.1) is 0 Å². The SMILES string of the molecule is C1[I-]C2=C1NC2. The molecule has 2 aliphatic rings. The van der Waals surface area contributed by atoms with Gasteiger partial charge in [-0.25, -0.2) is 0 Å². The molecule has 1 N–H and O–H groups in total. The van der Waals surface area contributed by atoms with Crippen LogP contribution in [-0.4, -0.2) is 11.0 Å². The van der Waals surface area contributed by atoms with Crippen molar-refractivity contribution >= 4 is 0 Å².